The number of nitrogens with one attached hydrogen (secondary N) is 1. The van der Waals surface area contributed by atoms with Crippen LogP contribution in [0.4, 0.5) is 5.69 Å². The molecule has 1 aromatic carbocycles. The molecule has 5 heteroatoms. The van der Waals surface area contributed by atoms with E-state index in [4.69, 9.17) is 0 Å². The van der Waals surface area contributed by atoms with E-state index in [0.29, 0.717) is 0 Å². The Balaban J connectivity index is 1.67. The zero-order valence-corrected chi connectivity index (χ0v) is 15.3. The van der Waals surface area contributed by atoms with Crippen LogP contribution in [0.2, 0.25) is 0 Å². The third-order valence-electron chi connectivity index (χ3n) is 4.48. The van der Waals surface area contributed by atoms with Crippen molar-refractivity contribution in [2.24, 2.45) is 0 Å². The second-order valence-electron chi connectivity index (χ2n) is 6.24. The Kier molecular flexibility index (Phi) is 7.24. The van der Waals surface area contributed by atoms with Gasteiger partial charge in [0.05, 0.1) is 5.25 Å². The Labute approximate surface area is 144 Å². The molecule has 23 heavy (non-hydrogen) atoms. The van der Waals surface area contributed by atoms with E-state index in [1.165, 1.54) is 5.69 Å². The largest absolute Gasteiger partial charge is 0.369 e. The number of piperazine rings is 1. The number of anilines is 1. The highest BCUT2D eigenvalue weighted by Crippen LogP contribution is 2.15. The zero-order valence-electron chi connectivity index (χ0n) is 14.5. The third kappa shape index (κ3) is 5.74. The molecule has 0 spiro atoms. The van der Waals surface area contributed by atoms with Crippen molar-refractivity contribution < 1.29 is 4.79 Å². The van der Waals surface area contributed by atoms with Crippen molar-refractivity contribution in [3.05, 3.63) is 30.3 Å². The number of hydrogen-bond acceptors (Lipinski definition) is 4. The highest BCUT2D eigenvalue weighted by atomic mass is 32.2. The molecule has 1 fully saturated rings. The summed E-state index contributed by atoms with van der Waals surface area (Å²) < 4.78 is 0. The number of hydrogen-bond donors (Lipinski definition) is 1. The number of nitrogens with zero attached hydrogens (tertiary/aromatic N) is 2. The summed E-state index contributed by atoms with van der Waals surface area (Å²) in [6.07, 6.45) is 2.99. The molecule has 0 aromatic heterocycles. The van der Waals surface area contributed by atoms with Crippen LogP contribution in [0.5, 0.6) is 0 Å². The average molecular weight is 336 g/mol. The minimum Gasteiger partial charge on any atom is -0.369 e. The molecule has 4 nitrogen and oxygen atoms in total. The van der Waals surface area contributed by atoms with Crippen molar-refractivity contribution >= 4 is 23.4 Å². The molecule has 1 N–H and O–H groups in total. The van der Waals surface area contributed by atoms with Crippen molar-refractivity contribution in [2.45, 2.75) is 31.6 Å². The molecule has 1 aliphatic heterocycles. The molecule has 1 aromatic rings. The first kappa shape index (κ1) is 18.1. The molecule has 0 saturated carbocycles. The van der Waals surface area contributed by atoms with Gasteiger partial charge in [0, 0.05) is 44.5 Å². The normalized spacial score (nSPS) is 18.5. The van der Waals surface area contributed by atoms with Gasteiger partial charge in [-0.15, -0.1) is 0 Å². The smallest absolute Gasteiger partial charge is 0.233 e. The number of rotatable bonds is 7. The molecule has 0 aliphatic carbocycles. The van der Waals surface area contributed by atoms with Crippen LogP contribution in [0.25, 0.3) is 0 Å². The average Bonchev–Trinajstić information content (AvgIpc) is 2.60. The fourth-order valence-corrected chi connectivity index (χ4v) is 3.07. The Bertz CT molecular complexity index is 474. The van der Waals surface area contributed by atoms with Crippen LogP contribution < -0.4 is 10.2 Å². The van der Waals surface area contributed by atoms with Crippen LogP contribution in [0.3, 0.4) is 0 Å². The zero-order chi connectivity index (χ0) is 16.7. The first-order chi connectivity index (χ1) is 11.1. The molecular weight excluding hydrogens is 306 g/mol. The summed E-state index contributed by atoms with van der Waals surface area (Å²) in [6, 6.07) is 10.9. The first-order valence-corrected chi connectivity index (χ1v) is 9.74. The summed E-state index contributed by atoms with van der Waals surface area (Å²) in [5, 5.41) is 3.14. The lowest BCUT2D eigenvalue weighted by Gasteiger charge is -2.36. The third-order valence-corrected chi connectivity index (χ3v) is 5.40. The fourth-order valence-electron chi connectivity index (χ4n) is 2.78. The second-order valence-corrected chi connectivity index (χ2v) is 7.42. The van der Waals surface area contributed by atoms with Gasteiger partial charge in [-0.25, -0.2) is 0 Å². The van der Waals surface area contributed by atoms with Crippen molar-refractivity contribution in [3.63, 3.8) is 0 Å². The van der Waals surface area contributed by atoms with Gasteiger partial charge in [-0.2, -0.15) is 11.8 Å². The molecule has 1 heterocycles. The van der Waals surface area contributed by atoms with E-state index in [1.54, 1.807) is 11.8 Å². The topological polar surface area (TPSA) is 35.6 Å². The Morgan fingerprint density at radius 3 is 2.43 bits per heavy atom. The molecular formula is C18H29N3OS. The van der Waals surface area contributed by atoms with Gasteiger partial charge in [-0.05, 0) is 38.7 Å². The molecule has 1 saturated heterocycles. The number of benzene rings is 1. The van der Waals surface area contributed by atoms with Gasteiger partial charge in [0.2, 0.25) is 5.91 Å². The maximum atomic E-state index is 11.9. The lowest BCUT2D eigenvalue weighted by molar-refractivity contribution is -0.120. The van der Waals surface area contributed by atoms with Gasteiger partial charge in [0.1, 0.15) is 0 Å². The van der Waals surface area contributed by atoms with E-state index in [1.807, 2.05) is 13.2 Å². The second kappa shape index (κ2) is 9.18. The van der Waals surface area contributed by atoms with Crippen LogP contribution in [0.15, 0.2) is 30.3 Å². The number of carbonyl (C=O) groups is 1. The highest BCUT2D eigenvalue weighted by Gasteiger charge is 2.18. The summed E-state index contributed by atoms with van der Waals surface area (Å²) in [5.74, 6) is 0.152. The molecule has 0 radical (unpaired) electrons. The Morgan fingerprint density at radius 1 is 1.17 bits per heavy atom. The fraction of sp³-hybridized carbons (Fsp3) is 0.611. The molecule has 0 unspecified atom stereocenters. The summed E-state index contributed by atoms with van der Waals surface area (Å²) in [5.41, 5.74) is 1.32. The van der Waals surface area contributed by atoms with Crippen LogP contribution in [-0.2, 0) is 4.79 Å². The van der Waals surface area contributed by atoms with E-state index in [2.05, 4.69) is 52.4 Å². The van der Waals surface area contributed by atoms with E-state index in [9.17, 15) is 4.79 Å². The van der Waals surface area contributed by atoms with E-state index in [-0.39, 0.29) is 17.2 Å². The van der Waals surface area contributed by atoms with Crippen molar-refractivity contribution in [1.82, 2.24) is 10.2 Å². The van der Waals surface area contributed by atoms with E-state index < -0.39 is 0 Å². The summed E-state index contributed by atoms with van der Waals surface area (Å²) >= 11 is 1.59. The maximum absolute atomic E-state index is 11.9. The molecule has 128 valence electrons. The summed E-state index contributed by atoms with van der Waals surface area (Å²) in [4.78, 5) is 16.8. The van der Waals surface area contributed by atoms with Gasteiger partial charge in [0.15, 0.2) is 0 Å². The molecule has 2 rings (SSSR count). The molecule has 0 bridgehead atoms. The molecule has 2 atom stereocenters. The van der Waals surface area contributed by atoms with Crippen molar-refractivity contribution in [3.8, 4) is 0 Å². The van der Waals surface area contributed by atoms with E-state index >= 15 is 0 Å². The first-order valence-electron chi connectivity index (χ1n) is 8.45. The van der Waals surface area contributed by atoms with Crippen LogP contribution in [-0.4, -0.2) is 61.1 Å². The number of carbonyl (C=O) groups excluding carboxylic acids is 1. The Morgan fingerprint density at radius 2 is 1.83 bits per heavy atom. The summed E-state index contributed by atoms with van der Waals surface area (Å²) in [6.45, 7) is 9.45. The van der Waals surface area contributed by atoms with Gasteiger partial charge in [0.25, 0.3) is 0 Å². The SMILES string of the molecule is CS[C@H](C)C(=O)N[C@@H](C)CCN1CCN(c2ccccc2)CC1. The minimum atomic E-state index is 0.0341. The van der Waals surface area contributed by atoms with Crippen molar-refractivity contribution in [2.75, 3.05) is 43.9 Å². The Hall–Kier alpha value is -1.20. The monoisotopic (exact) mass is 335 g/mol. The van der Waals surface area contributed by atoms with Gasteiger partial charge in [-0.1, -0.05) is 18.2 Å². The van der Waals surface area contributed by atoms with E-state index in [0.717, 1.165) is 39.1 Å². The summed E-state index contributed by atoms with van der Waals surface area (Å²) in [7, 11) is 0. The molecule has 1 aliphatic rings. The minimum absolute atomic E-state index is 0.0341. The number of amides is 1. The lowest BCUT2D eigenvalue weighted by Crippen LogP contribution is -2.48. The lowest BCUT2D eigenvalue weighted by atomic mass is 10.2. The van der Waals surface area contributed by atoms with Crippen LogP contribution >= 0.6 is 11.8 Å². The van der Waals surface area contributed by atoms with Crippen molar-refractivity contribution in [1.29, 1.82) is 0 Å². The highest BCUT2D eigenvalue weighted by molar-refractivity contribution is 7.99. The maximum Gasteiger partial charge on any atom is 0.233 e. The predicted octanol–water partition coefficient (Wildman–Crippen LogP) is 2.45. The van der Waals surface area contributed by atoms with Crippen LogP contribution in [0, 0.1) is 0 Å². The van der Waals surface area contributed by atoms with Crippen LogP contribution in [0.1, 0.15) is 20.3 Å². The standard InChI is InChI=1S/C18H29N3OS/c1-15(19-18(22)16(2)23-3)9-10-20-11-13-21(14-12-20)17-7-5-4-6-8-17/h4-8,15-16H,9-14H2,1-3H3,(H,19,22)/t15-,16+/m0/s1. The number of thioether (sulfide) groups is 1. The predicted molar refractivity (Wildman–Crippen MR) is 100 cm³/mol. The van der Waals surface area contributed by atoms with Gasteiger partial charge in [-0.3, -0.25) is 9.69 Å². The molecule has 1 amide bonds. The van der Waals surface area contributed by atoms with Gasteiger partial charge < -0.3 is 10.2 Å². The number of para-hydroxylation sites is 1. The quantitative estimate of drug-likeness (QED) is 0.830. The van der Waals surface area contributed by atoms with Gasteiger partial charge >= 0.3 is 0 Å².